The monoisotopic (exact) mass is 163 g/mol. The van der Waals surface area contributed by atoms with E-state index in [0.29, 0.717) is 5.56 Å². The molecule has 4 nitrogen and oxygen atoms in total. The van der Waals surface area contributed by atoms with Gasteiger partial charge in [-0.25, -0.2) is 4.39 Å². The smallest absolute Gasteiger partial charge is 0.207 e. The van der Waals surface area contributed by atoms with Crippen LogP contribution in [0.15, 0.2) is 38.9 Å². The molecule has 1 heterocycles. The van der Waals surface area contributed by atoms with E-state index in [9.17, 15) is 4.39 Å². The van der Waals surface area contributed by atoms with E-state index in [-0.39, 0.29) is 5.82 Å². The molecule has 0 saturated carbocycles. The SMILES string of the molecule is Fc1cc[c]cc1C1N=NN=N1. The van der Waals surface area contributed by atoms with Crippen molar-refractivity contribution < 1.29 is 4.39 Å². The van der Waals surface area contributed by atoms with Crippen molar-refractivity contribution in [3.8, 4) is 0 Å². The third-order valence-electron chi connectivity index (χ3n) is 1.48. The molecule has 1 aromatic carbocycles. The van der Waals surface area contributed by atoms with Crippen LogP contribution in [0, 0.1) is 11.9 Å². The number of rotatable bonds is 1. The summed E-state index contributed by atoms with van der Waals surface area (Å²) in [6, 6.07) is 7.02. The zero-order valence-corrected chi connectivity index (χ0v) is 5.98. The number of halogens is 1. The van der Waals surface area contributed by atoms with Gasteiger partial charge < -0.3 is 0 Å². The molecule has 0 atom stereocenters. The molecule has 12 heavy (non-hydrogen) atoms. The molecule has 1 aliphatic heterocycles. The Morgan fingerprint density at radius 3 is 2.75 bits per heavy atom. The molecule has 0 bridgehead atoms. The lowest BCUT2D eigenvalue weighted by atomic mass is 10.2. The molecule has 0 saturated heterocycles. The molecular formula is C7H4FN4. The van der Waals surface area contributed by atoms with Crippen molar-refractivity contribution in [2.75, 3.05) is 0 Å². The van der Waals surface area contributed by atoms with Crippen LogP contribution in [0.4, 0.5) is 4.39 Å². The Kier molecular flexibility index (Phi) is 1.62. The summed E-state index contributed by atoms with van der Waals surface area (Å²) in [6.45, 7) is 0. The van der Waals surface area contributed by atoms with Crippen molar-refractivity contribution in [2.24, 2.45) is 20.7 Å². The van der Waals surface area contributed by atoms with E-state index in [0.717, 1.165) is 0 Å². The molecule has 1 radical (unpaired) electrons. The second-order valence-corrected chi connectivity index (χ2v) is 2.23. The highest BCUT2D eigenvalue weighted by Gasteiger charge is 2.15. The predicted octanol–water partition coefficient (Wildman–Crippen LogP) is 2.46. The van der Waals surface area contributed by atoms with E-state index < -0.39 is 6.17 Å². The summed E-state index contributed by atoms with van der Waals surface area (Å²) in [5.74, 6) is -0.362. The summed E-state index contributed by atoms with van der Waals surface area (Å²) in [4.78, 5) is 0. The maximum absolute atomic E-state index is 13.0. The predicted molar refractivity (Wildman–Crippen MR) is 37.7 cm³/mol. The minimum absolute atomic E-state index is 0.350. The normalized spacial score (nSPS) is 15.8. The van der Waals surface area contributed by atoms with Crippen molar-refractivity contribution in [1.82, 2.24) is 0 Å². The molecular weight excluding hydrogens is 159 g/mol. The minimum Gasteiger partial charge on any atom is -0.207 e. The minimum atomic E-state index is -0.623. The first kappa shape index (κ1) is 7.02. The molecule has 0 aliphatic carbocycles. The fraction of sp³-hybridized carbons (Fsp3) is 0.143. The molecule has 0 aromatic heterocycles. The van der Waals surface area contributed by atoms with E-state index in [4.69, 9.17) is 0 Å². The van der Waals surface area contributed by atoms with Crippen LogP contribution < -0.4 is 0 Å². The van der Waals surface area contributed by atoms with Crippen LogP contribution in [0.25, 0.3) is 0 Å². The molecule has 1 aliphatic rings. The van der Waals surface area contributed by atoms with Crippen molar-refractivity contribution in [1.29, 1.82) is 0 Å². The zero-order chi connectivity index (χ0) is 8.39. The first-order valence-electron chi connectivity index (χ1n) is 3.33. The van der Waals surface area contributed by atoms with Gasteiger partial charge in [-0.2, -0.15) is 0 Å². The third kappa shape index (κ3) is 1.09. The maximum Gasteiger partial charge on any atom is 0.213 e. The van der Waals surface area contributed by atoms with Crippen LogP contribution in [0.2, 0.25) is 0 Å². The Balaban J connectivity index is 2.39. The van der Waals surface area contributed by atoms with Crippen molar-refractivity contribution in [3.63, 3.8) is 0 Å². The Hall–Kier alpha value is -1.65. The van der Waals surface area contributed by atoms with E-state index in [1.807, 2.05) is 0 Å². The summed E-state index contributed by atoms with van der Waals surface area (Å²) >= 11 is 0. The Bertz CT molecular complexity index is 335. The average molecular weight is 163 g/mol. The highest BCUT2D eigenvalue weighted by atomic mass is 19.1. The average Bonchev–Trinajstić information content (AvgIpc) is 2.57. The molecule has 59 valence electrons. The van der Waals surface area contributed by atoms with Gasteiger partial charge in [0.2, 0.25) is 6.17 Å². The zero-order valence-electron chi connectivity index (χ0n) is 5.98. The van der Waals surface area contributed by atoms with E-state index in [2.05, 4.69) is 26.7 Å². The molecule has 5 heteroatoms. The summed E-state index contributed by atoms with van der Waals surface area (Å²) < 4.78 is 13.0. The van der Waals surface area contributed by atoms with Crippen LogP contribution >= 0.6 is 0 Å². The van der Waals surface area contributed by atoms with Gasteiger partial charge in [-0.3, -0.25) is 0 Å². The van der Waals surface area contributed by atoms with Crippen LogP contribution in [0.3, 0.4) is 0 Å². The molecule has 0 unspecified atom stereocenters. The van der Waals surface area contributed by atoms with Gasteiger partial charge in [-0.05, 0) is 28.6 Å². The fourth-order valence-corrected chi connectivity index (χ4v) is 0.914. The summed E-state index contributed by atoms with van der Waals surface area (Å²) in [5, 5.41) is 13.8. The highest BCUT2D eigenvalue weighted by molar-refractivity contribution is 5.19. The van der Waals surface area contributed by atoms with Crippen LogP contribution in [0.5, 0.6) is 0 Å². The van der Waals surface area contributed by atoms with Crippen molar-refractivity contribution >= 4 is 0 Å². The Morgan fingerprint density at radius 2 is 2.08 bits per heavy atom. The maximum atomic E-state index is 13.0. The number of benzene rings is 1. The topological polar surface area (TPSA) is 49.4 Å². The summed E-state index contributed by atoms with van der Waals surface area (Å²) in [6.07, 6.45) is -0.623. The second-order valence-electron chi connectivity index (χ2n) is 2.23. The van der Waals surface area contributed by atoms with Crippen LogP contribution in [-0.2, 0) is 0 Å². The fourth-order valence-electron chi connectivity index (χ4n) is 0.914. The van der Waals surface area contributed by atoms with Crippen molar-refractivity contribution in [2.45, 2.75) is 6.17 Å². The van der Waals surface area contributed by atoms with Gasteiger partial charge in [0.25, 0.3) is 0 Å². The molecule has 0 N–H and O–H groups in total. The van der Waals surface area contributed by atoms with E-state index >= 15 is 0 Å². The van der Waals surface area contributed by atoms with Gasteiger partial charge in [0.1, 0.15) is 5.82 Å². The Morgan fingerprint density at radius 1 is 1.33 bits per heavy atom. The first-order valence-corrected chi connectivity index (χ1v) is 3.33. The number of hydrogen-bond donors (Lipinski definition) is 0. The third-order valence-corrected chi connectivity index (χ3v) is 1.48. The summed E-state index contributed by atoms with van der Waals surface area (Å²) in [5.41, 5.74) is 0.350. The first-order chi connectivity index (χ1) is 5.88. The van der Waals surface area contributed by atoms with Gasteiger partial charge >= 0.3 is 0 Å². The standard InChI is InChI=1S/C7H4FN4/c8-6-4-2-1-3-5(6)7-9-11-12-10-7/h2-4,7H. The Labute approximate surface area is 67.8 Å². The highest BCUT2D eigenvalue weighted by Crippen LogP contribution is 2.25. The van der Waals surface area contributed by atoms with E-state index in [1.165, 1.54) is 18.2 Å². The summed E-state index contributed by atoms with van der Waals surface area (Å²) in [7, 11) is 0. The van der Waals surface area contributed by atoms with Crippen molar-refractivity contribution in [3.05, 3.63) is 35.6 Å². The van der Waals surface area contributed by atoms with Gasteiger partial charge in [-0.15, -0.1) is 10.2 Å². The van der Waals surface area contributed by atoms with Crippen LogP contribution in [0.1, 0.15) is 11.7 Å². The van der Waals surface area contributed by atoms with Crippen LogP contribution in [-0.4, -0.2) is 0 Å². The number of nitrogens with zero attached hydrogens (tertiary/aromatic N) is 4. The van der Waals surface area contributed by atoms with Gasteiger partial charge in [-0.1, -0.05) is 6.07 Å². The molecule has 1 aromatic rings. The van der Waals surface area contributed by atoms with E-state index in [1.54, 1.807) is 0 Å². The van der Waals surface area contributed by atoms with Gasteiger partial charge in [0, 0.05) is 5.56 Å². The quantitative estimate of drug-likeness (QED) is 0.610. The lowest BCUT2D eigenvalue weighted by Gasteiger charge is -2.00. The lowest BCUT2D eigenvalue weighted by Crippen LogP contribution is -1.92. The molecule has 0 spiro atoms. The largest absolute Gasteiger partial charge is 0.213 e. The molecule has 2 rings (SSSR count). The lowest BCUT2D eigenvalue weighted by molar-refractivity contribution is 0.587. The number of hydrogen-bond acceptors (Lipinski definition) is 4. The molecule has 0 fully saturated rings. The second kappa shape index (κ2) is 2.77. The van der Waals surface area contributed by atoms with Gasteiger partial charge in [0.05, 0.1) is 0 Å². The van der Waals surface area contributed by atoms with Gasteiger partial charge in [0.15, 0.2) is 0 Å². The molecule has 0 amide bonds.